The Balaban J connectivity index is 1.93. The number of ether oxygens (including phenoxy) is 1. The van der Waals surface area contributed by atoms with Crippen molar-refractivity contribution in [2.75, 3.05) is 6.61 Å². The van der Waals surface area contributed by atoms with Crippen molar-refractivity contribution in [2.45, 2.75) is 44.6 Å². The molecule has 4 aliphatic rings. The summed E-state index contributed by atoms with van der Waals surface area (Å²) in [6.07, 6.45) is 6.43. The third kappa shape index (κ3) is 1.19. The minimum atomic E-state index is -0.401. The summed E-state index contributed by atoms with van der Waals surface area (Å²) >= 11 is 0. The summed E-state index contributed by atoms with van der Waals surface area (Å²) in [5.41, 5.74) is -0.401. The van der Waals surface area contributed by atoms with Crippen LogP contribution in [0.1, 0.15) is 39.0 Å². The van der Waals surface area contributed by atoms with Gasteiger partial charge in [-0.05, 0) is 50.9 Å². The number of rotatable bonds is 2. The van der Waals surface area contributed by atoms with Gasteiger partial charge in [-0.15, -0.1) is 0 Å². The minimum absolute atomic E-state index is 0.401. The van der Waals surface area contributed by atoms with E-state index in [-0.39, 0.29) is 0 Å². The molecule has 4 aliphatic carbocycles. The Morgan fingerprint density at radius 2 is 1.67 bits per heavy atom. The SMILES string of the molecule is CCOC1(C#N)C2CC3CC(C2)CC1C3. The molecule has 0 radical (unpaired) electrons. The highest BCUT2D eigenvalue weighted by molar-refractivity contribution is 5.17. The zero-order valence-corrected chi connectivity index (χ0v) is 9.41. The molecule has 15 heavy (non-hydrogen) atoms. The molecule has 0 N–H and O–H groups in total. The molecule has 0 aromatic carbocycles. The minimum Gasteiger partial charge on any atom is -0.360 e. The van der Waals surface area contributed by atoms with Crippen molar-refractivity contribution in [3.8, 4) is 6.07 Å². The quantitative estimate of drug-likeness (QED) is 0.694. The van der Waals surface area contributed by atoms with E-state index in [9.17, 15) is 5.26 Å². The molecule has 0 aromatic rings. The van der Waals surface area contributed by atoms with Crippen LogP contribution in [0.2, 0.25) is 0 Å². The predicted molar refractivity (Wildman–Crippen MR) is 57.0 cm³/mol. The molecule has 0 heterocycles. The van der Waals surface area contributed by atoms with Gasteiger partial charge in [0.2, 0.25) is 0 Å². The molecule has 0 spiro atoms. The maximum Gasteiger partial charge on any atom is 0.159 e. The van der Waals surface area contributed by atoms with E-state index in [1.165, 1.54) is 32.1 Å². The number of hydrogen-bond acceptors (Lipinski definition) is 2. The van der Waals surface area contributed by atoms with Gasteiger partial charge in [0.1, 0.15) is 0 Å². The Labute approximate surface area is 91.6 Å². The van der Waals surface area contributed by atoms with Gasteiger partial charge in [-0.3, -0.25) is 0 Å². The van der Waals surface area contributed by atoms with E-state index in [1.807, 2.05) is 6.92 Å². The normalized spacial score (nSPS) is 51.7. The fourth-order valence-corrected chi connectivity index (χ4v) is 4.57. The van der Waals surface area contributed by atoms with Crippen LogP contribution in [-0.2, 0) is 4.74 Å². The Bertz CT molecular complexity index is 276. The maximum atomic E-state index is 9.50. The molecule has 0 aliphatic heterocycles. The fourth-order valence-electron chi connectivity index (χ4n) is 4.57. The Morgan fingerprint density at radius 1 is 1.13 bits per heavy atom. The molecule has 0 saturated heterocycles. The van der Waals surface area contributed by atoms with Crippen LogP contribution in [0, 0.1) is 35.0 Å². The molecule has 82 valence electrons. The maximum absolute atomic E-state index is 9.50. The van der Waals surface area contributed by atoms with Crippen LogP contribution in [0.25, 0.3) is 0 Å². The first kappa shape index (κ1) is 9.66. The number of nitrogens with zero attached hydrogens (tertiary/aromatic N) is 1. The summed E-state index contributed by atoms with van der Waals surface area (Å²) in [5, 5.41) is 9.50. The van der Waals surface area contributed by atoms with Gasteiger partial charge in [-0.25, -0.2) is 0 Å². The van der Waals surface area contributed by atoms with Gasteiger partial charge in [-0.2, -0.15) is 5.26 Å². The number of hydrogen-bond donors (Lipinski definition) is 0. The summed E-state index contributed by atoms with van der Waals surface area (Å²) in [6.45, 7) is 2.71. The van der Waals surface area contributed by atoms with E-state index in [4.69, 9.17) is 4.74 Å². The second kappa shape index (κ2) is 3.22. The average Bonchev–Trinajstić information content (AvgIpc) is 2.23. The van der Waals surface area contributed by atoms with Crippen molar-refractivity contribution < 1.29 is 4.74 Å². The lowest BCUT2D eigenvalue weighted by molar-refractivity contribution is -0.168. The largest absolute Gasteiger partial charge is 0.360 e. The van der Waals surface area contributed by atoms with Gasteiger partial charge in [0.05, 0.1) is 6.07 Å². The third-order valence-corrected chi connectivity index (χ3v) is 4.91. The van der Waals surface area contributed by atoms with Crippen molar-refractivity contribution in [2.24, 2.45) is 23.7 Å². The lowest BCUT2D eigenvalue weighted by atomic mass is 9.50. The summed E-state index contributed by atoms with van der Waals surface area (Å²) in [7, 11) is 0. The van der Waals surface area contributed by atoms with Gasteiger partial charge in [-0.1, -0.05) is 0 Å². The van der Waals surface area contributed by atoms with Crippen molar-refractivity contribution in [3.05, 3.63) is 0 Å². The van der Waals surface area contributed by atoms with E-state index in [0.29, 0.717) is 18.4 Å². The van der Waals surface area contributed by atoms with Gasteiger partial charge in [0.25, 0.3) is 0 Å². The molecule has 2 nitrogen and oxygen atoms in total. The van der Waals surface area contributed by atoms with Gasteiger partial charge < -0.3 is 4.74 Å². The van der Waals surface area contributed by atoms with Crippen molar-refractivity contribution in [1.82, 2.24) is 0 Å². The third-order valence-electron chi connectivity index (χ3n) is 4.91. The van der Waals surface area contributed by atoms with Gasteiger partial charge in [0, 0.05) is 18.4 Å². The second-order valence-electron chi connectivity index (χ2n) is 5.64. The van der Waals surface area contributed by atoms with Crippen molar-refractivity contribution in [3.63, 3.8) is 0 Å². The molecule has 4 saturated carbocycles. The summed E-state index contributed by atoms with van der Waals surface area (Å²) in [4.78, 5) is 0. The first-order chi connectivity index (χ1) is 7.28. The Morgan fingerprint density at radius 3 is 2.07 bits per heavy atom. The van der Waals surface area contributed by atoms with Crippen LogP contribution in [0.15, 0.2) is 0 Å². The van der Waals surface area contributed by atoms with Crippen LogP contribution in [0.4, 0.5) is 0 Å². The zero-order chi connectivity index (χ0) is 10.5. The molecule has 4 fully saturated rings. The first-order valence-corrected chi connectivity index (χ1v) is 6.33. The molecule has 4 rings (SSSR count). The molecule has 4 bridgehead atoms. The molecule has 0 aromatic heterocycles. The van der Waals surface area contributed by atoms with E-state index in [1.54, 1.807) is 0 Å². The smallest absolute Gasteiger partial charge is 0.159 e. The highest BCUT2D eigenvalue weighted by Crippen LogP contribution is 2.59. The standard InChI is InChI=1S/C13H19NO/c1-2-15-13(8-14)11-4-9-3-10(6-11)7-12(13)5-9/h9-12H,2-7H2,1H3. The average molecular weight is 205 g/mol. The van der Waals surface area contributed by atoms with Crippen LogP contribution >= 0.6 is 0 Å². The lowest BCUT2D eigenvalue weighted by Gasteiger charge is -2.57. The topological polar surface area (TPSA) is 33.0 Å². The van der Waals surface area contributed by atoms with Crippen LogP contribution in [-0.4, -0.2) is 12.2 Å². The molecule has 0 atom stereocenters. The summed E-state index contributed by atoms with van der Waals surface area (Å²) < 4.78 is 5.89. The molecule has 2 heteroatoms. The predicted octanol–water partition coefficient (Wildman–Crippen LogP) is 2.74. The molecular weight excluding hydrogens is 186 g/mol. The second-order valence-corrected chi connectivity index (χ2v) is 5.64. The van der Waals surface area contributed by atoms with Crippen LogP contribution < -0.4 is 0 Å². The lowest BCUT2D eigenvalue weighted by Crippen LogP contribution is -2.58. The fraction of sp³-hybridized carbons (Fsp3) is 0.923. The van der Waals surface area contributed by atoms with Gasteiger partial charge in [0.15, 0.2) is 5.60 Å². The Hall–Kier alpha value is -0.550. The highest BCUT2D eigenvalue weighted by atomic mass is 16.5. The first-order valence-electron chi connectivity index (χ1n) is 6.33. The van der Waals surface area contributed by atoms with E-state index in [2.05, 4.69) is 6.07 Å². The molecule has 0 amide bonds. The monoisotopic (exact) mass is 205 g/mol. The summed E-state index contributed by atoms with van der Waals surface area (Å²) in [5.74, 6) is 2.90. The van der Waals surface area contributed by atoms with E-state index >= 15 is 0 Å². The molecule has 0 unspecified atom stereocenters. The zero-order valence-electron chi connectivity index (χ0n) is 9.41. The summed E-state index contributed by atoms with van der Waals surface area (Å²) in [6, 6.07) is 2.54. The van der Waals surface area contributed by atoms with Crippen molar-refractivity contribution in [1.29, 1.82) is 5.26 Å². The number of nitriles is 1. The van der Waals surface area contributed by atoms with Crippen LogP contribution in [0.3, 0.4) is 0 Å². The van der Waals surface area contributed by atoms with Crippen LogP contribution in [0.5, 0.6) is 0 Å². The molecular formula is C13H19NO. The van der Waals surface area contributed by atoms with Gasteiger partial charge >= 0.3 is 0 Å². The highest BCUT2D eigenvalue weighted by Gasteiger charge is 2.58. The Kier molecular flexibility index (Phi) is 2.07. The van der Waals surface area contributed by atoms with E-state index < -0.39 is 5.60 Å². The van der Waals surface area contributed by atoms with E-state index in [0.717, 1.165) is 11.8 Å². The van der Waals surface area contributed by atoms with Crippen molar-refractivity contribution >= 4 is 0 Å².